The lowest BCUT2D eigenvalue weighted by Crippen LogP contribution is -2.38. The highest BCUT2D eigenvalue weighted by Crippen LogP contribution is 2.29. The third kappa shape index (κ3) is 6.62. The number of aliphatic hydroxyl groups is 3. The predicted molar refractivity (Wildman–Crippen MR) is 96.2 cm³/mol. The van der Waals surface area contributed by atoms with Crippen LogP contribution in [-0.4, -0.2) is 32.6 Å². The number of hydrogen-bond acceptors (Lipinski definition) is 3. The van der Waals surface area contributed by atoms with Gasteiger partial charge in [-0.25, -0.2) is 0 Å². The zero-order chi connectivity index (χ0) is 17.7. The van der Waals surface area contributed by atoms with Crippen LogP contribution < -0.4 is 0 Å². The lowest BCUT2D eigenvalue weighted by molar-refractivity contribution is -0.000481. The van der Waals surface area contributed by atoms with Gasteiger partial charge in [0.1, 0.15) is 0 Å². The predicted octanol–water partition coefficient (Wildman–Crippen LogP) is 3.90. The van der Waals surface area contributed by atoms with Gasteiger partial charge in [0.15, 0.2) is 0 Å². The summed E-state index contributed by atoms with van der Waals surface area (Å²) in [5, 5.41) is 31.9. The van der Waals surface area contributed by atoms with E-state index in [9.17, 15) is 15.3 Å². The van der Waals surface area contributed by atoms with E-state index in [2.05, 4.69) is 19.1 Å². The molecule has 1 aliphatic rings. The second-order valence-electron chi connectivity index (χ2n) is 7.63. The van der Waals surface area contributed by atoms with Crippen molar-refractivity contribution in [1.29, 1.82) is 0 Å². The normalized spacial score (nSPS) is 40.7. The lowest BCUT2D eigenvalue weighted by atomic mass is 9.81. The summed E-state index contributed by atoms with van der Waals surface area (Å²) in [7, 11) is 0. The molecule has 0 aromatic heterocycles. The summed E-state index contributed by atoms with van der Waals surface area (Å²) in [6.07, 6.45) is 10.4. The van der Waals surface area contributed by atoms with Crippen molar-refractivity contribution in [1.82, 2.24) is 0 Å². The average molecular weight is 322 g/mol. The molecule has 0 saturated heterocycles. The topological polar surface area (TPSA) is 60.7 Å². The van der Waals surface area contributed by atoms with Crippen LogP contribution in [0.5, 0.6) is 0 Å². The van der Waals surface area contributed by atoms with E-state index in [0.29, 0.717) is 6.42 Å². The quantitative estimate of drug-likeness (QED) is 0.642. The van der Waals surface area contributed by atoms with Crippen molar-refractivity contribution in [2.24, 2.45) is 5.92 Å². The first-order chi connectivity index (χ1) is 10.6. The van der Waals surface area contributed by atoms with Crippen molar-refractivity contribution in [2.45, 2.75) is 84.0 Å². The molecule has 0 bridgehead atoms. The van der Waals surface area contributed by atoms with Crippen molar-refractivity contribution >= 4 is 0 Å². The van der Waals surface area contributed by atoms with Crippen LogP contribution in [0.4, 0.5) is 0 Å². The van der Waals surface area contributed by atoms with E-state index in [4.69, 9.17) is 0 Å². The molecule has 3 nitrogen and oxygen atoms in total. The molecule has 23 heavy (non-hydrogen) atoms. The van der Waals surface area contributed by atoms with Gasteiger partial charge in [0, 0.05) is 6.42 Å². The Bertz CT molecular complexity index is 471. The molecule has 0 radical (unpaired) electrons. The fourth-order valence-electron chi connectivity index (χ4n) is 2.75. The van der Waals surface area contributed by atoms with Crippen molar-refractivity contribution in [3.63, 3.8) is 0 Å². The van der Waals surface area contributed by atoms with E-state index >= 15 is 0 Å². The van der Waals surface area contributed by atoms with E-state index in [1.165, 1.54) is 5.57 Å². The molecule has 3 atom stereocenters. The van der Waals surface area contributed by atoms with Crippen LogP contribution in [0.3, 0.4) is 0 Å². The molecule has 0 spiro atoms. The molecular formula is C20H34O3. The molecule has 0 fully saturated rings. The maximum absolute atomic E-state index is 10.9. The van der Waals surface area contributed by atoms with Crippen molar-refractivity contribution in [2.75, 3.05) is 0 Å². The minimum Gasteiger partial charge on any atom is -0.389 e. The summed E-state index contributed by atoms with van der Waals surface area (Å²) in [4.78, 5) is 0. The van der Waals surface area contributed by atoms with E-state index in [-0.39, 0.29) is 12.3 Å². The van der Waals surface area contributed by atoms with Gasteiger partial charge in [-0.1, -0.05) is 43.7 Å². The molecule has 1 aliphatic carbocycles. The fourth-order valence-corrected chi connectivity index (χ4v) is 2.75. The smallest absolute Gasteiger partial charge is 0.0879 e. The minimum atomic E-state index is -1.13. The molecule has 3 heteroatoms. The molecule has 0 aliphatic heterocycles. The van der Waals surface area contributed by atoms with Crippen LogP contribution in [0.25, 0.3) is 0 Å². The molecule has 0 amide bonds. The van der Waals surface area contributed by atoms with E-state index < -0.39 is 17.3 Å². The first-order valence-electron chi connectivity index (χ1n) is 8.71. The molecule has 0 saturated carbocycles. The third-order valence-corrected chi connectivity index (χ3v) is 4.92. The summed E-state index contributed by atoms with van der Waals surface area (Å²) in [6.45, 7) is 9.64. The molecule has 132 valence electrons. The van der Waals surface area contributed by atoms with Gasteiger partial charge < -0.3 is 15.3 Å². The molecule has 0 aromatic rings. The summed E-state index contributed by atoms with van der Waals surface area (Å²) >= 11 is 0. The zero-order valence-corrected chi connectivity index (χ0v) is 15.3. The first kappa shape index (κ1) is 20.1. The Kier molecular flexibility index (Phi) is 7.25. The van der Waals surface area contributed by atoms with Gasteiger partial charge in [-0.15, -0.1) is 0 Å². The number of rotatable bonds is 1. The molecule has 3 N–H and O–H groups in total. The Morgan fingerprint density at radius 2 is 1.74 bits per heavy atom. The van der Waals surface area contributed by atoms with Gasteiger partial charge in [0.25, 0.3) is 0 Å². The highest BCUT2D eigenvalue weighted by Gasteiger charge is 2.32. The Morgan fingerprint density at radius 3 is 2.35 bits per heavy atom. The van der Waals surface area contributed by atoms with Crippen LogP contribution in [0.2, 0.25) is 0 Å². The SMILES string of the molecule is C/C1=C\CC[C@](C)(O)/C=C/[C@@](O)(C(C)C)C[C@@H](O)/C(C)=C/CC1. The van der Waals surface area contributed by atoms with E-state index in [1.807, 2.05) is 20.8 Å². The molecular weight excluding hydrogens is 288 g/mol. The van der Waals surface area contributed by atoms with Crippen LogP contribution in [0.1, 0.15) is 66.7 Å². The zero-order valence-electron chi connectivity index (χ0n) is 15.3. The summed E-state index contributed by atoms with van der Waals surface area (Å²) in [5.74, 6) is -0.0490. The highest BCUT2D eigenvalue weighted by molar-refractivity contribution is 5.15. The maximum Gasteiger partial charge on any atom is 0.0879 e. The standard InChI is InChI=1S/C20H34O3/c1-15(2)20(23)13-12-19(5,22)11-7-9-16(3)8-6-10-17(4)18(21)14-20/h9-10,12-13,15,18,21-23H,6-8,11,14H2,1-5H3/b13-12+,16-9+,17-10+/t18-,19+,20+/m1/s1. The summed E-state index contributed by atoms with van der Waals surface area (Å²) in [6, 6.07) is 0. The fraction of sp³-hybridized carbons (Fsp3) is 0.700. The van der Waals surface area contributed by atoms with E-state index in [1.54, 1.807) is 19.1 Å². The number of aliphatic hydroxyl groups excluding tert-OH is 1. The van der Waals surface area contributed by atoms with Gasteiger partial charge in [0.05, 0.1) is 17.3 Å². The Morgan fingerprint density at radius 1 is 1.09 bits per heavy atom. The Hall–Kier alpha value is -0.900. The number of allylic oxidation sites excluding steroid dienone is 3. The van der Waals surface area contributed by atoms with Gasteiger partial charge in [-0.05, 0) is 57.9 Å². The van der Waals surface area contributed by atoms with Crippen LogP contribution in [0.15, 0.2) is 35.5 Å². The third-order valence-electron chi connectivity index (χ3n) is 4.92. The Balaban J connectivity index is 3.12. The summed E-state index contributed by atoms with van der Waals surface area (Å²) < 4.78 is 0. The first-order valence-corrected chi connectivity index (χ1v) is 8.71. The second-order valence-corrected chi connectivity index (χ2v) is 7.63. The minimum absolute atomic E-state index is 0.0490. The molecule has 1 rings (SSSR count). The van der Waals surface area contributed by atoms with Crippen molar-refractivity contribution in [3.05, 3.63) is 35.5 Å². The number of hydrogen-bond donors (Lipinski definition) is 3. The summed E-state index contributed by atoms with van der Waals surface area (Å²) in [5.41, 5.74) is 0.113. The molecule has 0 aromatic carbocycles. The average Bonchev–Trinajstić information content (AvgIpc) is 2.44. The second kappa shape index (κ2) is 8.27. The maximum atomic E-state index is 10.9. The highest BCUT2D eigenvalue weighted by atomic mass is 16.3. The lowest BCUT2D eigenvalue weighted by Gasteiger charge is -2.33. The van der Waals surface area contributed by atoms with Crippen LogP contribution >= 0.6 is 0 Å². The van der Waals surface area contributed by atoms with Crippen molar-refractivity contribution < 1.29 is 15.3 Å². The van der Waals surface area contributed by atoms with Gasteiger partial charge in [-0.3, -0.25) is 0 Å². The Labute approximate surface area is 141 Å². The largest absolute Gasteiger partial charge is 0.389 e. The van der Waals surface area contributed by atoms with Crippen LogP contribution in [0, 0.1) is 5.92 Å². The van der Waals surface area contributed by atoms with E-state index in [0.717, 1.165) is 24.8 Å². The van der Waals surface area contributed by atoms with Gasteiger partial charge in [-0.2, -0.15) is 0 Å². The van der Waals surface area contributed by atoms with Gasteiger partial charge in [0.2, 0.25) is 0 Å². The monoisotopic (exact) mass is 322 g/mol. The van der Waals surface area contributed by atoms with Crippen LogP contribution in [-0.2, 0) is 0 Å². The van der Waals surface area contributed by atoms with Crippen molar-refractivity contribution in [3.8, 4) is 0 Å². The molecule has 0 heterocycles. The molecule has 0 unspecified atom stereocenters. The van der Waals surface area contributed by atoms with Gasteiger partial charge >= 0.3 is 0 Å².